The number of nitrogens with zero attached hydrogens (tertiary/aromatic N) is 3. The minimum Gasteiger partial charge on any atom is -0.282 e. The Kier molecular flexibility index (Phi) is 4.71. The first-order chi connectivity index (χ1) is 11.4. The standard InChI is InChI=1S/C16H21FN4O2S/c1-20(2)24(22,23)21-9-3-4-13(11-21)16-10-15(18-19-16)12-5-7-14(17)8-6-12/h5-8,10,13H,3-4,9,11H2,1-2H3,(H,18,19)/t13-/m0/s1. The molecule has 2 heterocycles. The van der Waals surface area contributed by atoms with Gasteiger partial charge in [0.2, 0.25) is 0 Å². The van der Waals surface area contributed by atoms with E-state index in [0.29, 0.717) is 13.1 Å². The molecule has 1 atom stereocenters. The van der Waals surface area contributed by atoms with Crippen LogP contribution in [0.1, 0.15) is 24.5 Å². The van der Waals surface area contributed by atoms with E-state index in [0.717, 1.165) is 29.8 Å². The minimum absolute atomic E-state index is 0.0789. The van der Waals surface area contributed by atoms with Gasteiger partial charge < -0.3 is 0 Å². The van der Waals surface area contributed by atoms with Gasteiger partial charge in [-0.25, -0.2) is 4.39 Å². The van der Waals surface area contributed by atoms with Crippen molar-refractivity contribution in [2.75, 3.05) is 27.2 Å². The lowest BCUT2D eigenvalue weighted by molar-refractivity contribution is 0.296. The fourth-order valence-corrected chi connectivity index (χ4v) is 4.14. The number of hydrogen-bond donors (Lipinski definition) is 1. The van der Waals surface area contributed by atoms with Gasteiger partial charge in [-0.3, -0.25) is 5.10 Å². The molecule has 6 nitrogen and oxygen atoms in total. The highest BCUT2D eigenvalue weighted by Gasteiger charge is 2.31. The van der Waals surface area contributed by atoms with Crippen LogP contribution < -0.4 is 0 Å². The molecule has 0 unspecified atom stereocenters. The largest absolute Gasteiger partial charge is 0.282 e. The Morgan fingerprint density at radius 2 is 2.00 bits per heavy atom. The van der Waals surface area contributed by atoms with Gasteiger partial charge in [0.15, 0.2) is 0 Å². The topological polar surface area (TPSA) is 69.3 Å². The van der Waals surface area contributed by atoms with Gasteiger partial charge in [-0.1, -0.05) is 0 Å². The predicted molar refractivity (Wildman–Crippen MR) is 90.1 cm³/mol. The molecule has 0 aliphatic carbocycles. The molecule has 1 fully saturated rings. The summed E-state index contributed by atoms with van der Waals surface area (Å²) < 4.78 is 40.4. The van der Waals surface area contributed by atoms with Crippen LogP contribution in [-0.2, 0) is 10.2 Å². The van der Waals surface area contributed by atoms with Crippen LogP contribution >= 0.6 is 0 Å². The Labute approximate surface area is 141 Å². The van der Waals surface area contributed by atoms with Gasteiger partial charge in [0, 0.05) is 44.4 Å². The van der Waals surface area contributed by atoms with Crippen molar-refractivity contribution in [3.05, 3.63) is 41.8 Å². The van der Waals surface area contributed by atoms with Crippen molar-refractivity contribution in [1.82, 2.24) is 18.8 Å². The molecular weight excluding hydrogens is 331 g/mol. The SMILES string of the molecule is CN(C)S(=O)(=O)N1CCC[C@H](c2cc(-c3ccc(F)cc3)n[nH]2)C1. The van der Waals surface area contributed by atoms with Crippen LogP contribution in [0, 0.1) is 5.82 Å². The van der Waals surface area contributed by atoms with E-state index >= 15 is 0 Å². The second kappa shape index (κ2) is 6.62. The maximum Gasteiger partial charge on any atom is 0.281 e. The molecule has 2 aromatic rings. The number of rotatable bonds is 4. The van der Waals surface area contributed by atoms with Gasteiger partial charge in [-0.15, -0.1) is 0 Å². The van der Waals surface area contributed by atoms with Crippen molar-refractivity contribution in [3.8, 4) is 11.3 Å². The molecule has 1 aliphatic heterocycles. The fourth-order valence-electron chi connectivity index (χ4n) is 2.95. The Hall–Kier alpha value is -1.77. The van der Waals surface area contributed by atoms with Crippen molar-refractivity contribution >= 4 is 10.2 Å². The Morgan fingerprint density at radius 1 is 1.29 bits per heavy atom. The molecule has 0 amide bonds. The maximum absolute atomic E-state index is 13.0. The summed E-state index contributed by atoms with van der Waals surface area (Å²) in [5, 5.41) is 7.30. The summed E-state index contributed by atoms with van der Waals surface area (Å²) in [7, 11) is -0.313. The molecule has 1 N–H and O–H groups in total. The molecule has 3 rings (SSSR count). The van der Waals surface area contributed by atoms with Crippen LogP contribution in [0.2, 0.25) is 0 Å². The highest BCUT2D eigenvalue weighted by atomic mass is 32.2. The van der Waals surface area contributed by atoms with Gasteiger partial charge in [0.1, 0.15) is 5.82 Å². The quantitative estimate of drug-likeness (QED) is 0.917. The molecule has 0 spiro atoms. The molecule has 0 radical (unpaired) electrons. The summed E-state index contributed by atoms with van der Waals surface area (Å²) in [4.78, 5) is 0. The second-order valence-corrected chi connectivity index (χ2v) is 8.35. The van der Waals surface area contributed by atoms with Crippen molar-refractivity contribution in [3.63, 3.8) is 0 Å². The minimum atomic E-state index is -3.40. The third-order valence-electron chi connectivity index (χ3n) is 4.35. The Bertz CT molecular complexity index is 802. The van der Waals surface area contributed by atoms with Crippen LogP contribution in [0.5, 0.6) is 0 Å². The van der Waals surface area contributed by atoms with Crippen molar-refractivity contribution in [2.24, 2.45) is 0 Å². The van der Waals surface area contributed by atoms with E-state index in [2.05, 4.69) is 10.2 Å². The first kappa shape index (κ1) is 17.1. The van der Waals surface area contributed by atoms with Gasteiger partial charge >= 0.3 is 0 Å². The normalized spacial score (nSPS) is 19.8. The van der Waals surface area contributed by atoms with Crippen LogP contribution in [0.25, 0.3) is 11.3 Å². The summed E-state index contributed by atoms with van der Waals surface area (Å²) in [6.07, 6.45) is 1.72. The Balaban J connectivity index is 1.79. The summed E-state index contributed by atoms with van der Waals surface area (Å²) in [6, 6.07) is 8.08. The molecule has 130 valence electrons. The number of piperidine rings is 1. The molecule has 0 saturated carbocycles. The van der Waals surface area contributed by atoms with E-state index in [-0.39, 0.29) is 11.7 Å². The highest BCUT2D eigenvalue weighted by molar-refractivity contribution is 7.86. The summed E-state index contributed by atoms with van der Waals surface area (Å²) in [5.41, 5.74) is 2.47. The number of nitrogens with one attached hydrogen (secondary N) is 1. The van der Waals surface area contributed by atoms with E-state index in [1.165, 1.54) is 20.7 Å². The van der Waals surface area contributed by atoms with Crippen LogP contribution in [0.4, 0.5) is 4.39 Å². The lowest BCUT2D eigenvalue weighted by atomic mass is 9.96. The zero-order valence-corrected chi connectivity index (χ0v) is 14.6. The monoisotopic (exact) mass is 352 g/mol. The first-order valence-electron chi connectivity index (χ1n) is 7.87. The van der Waals surface area contributed by atoms with Gasteiger partial charge in [0.05, 0.1) is 5.69 Å². The van der Waals surface area contributed by atoms with E-state index in [9.17, 15) is 12.8 Å². The van der Waals surface area contributed by atoms with E-state index in [1.54, 1.807) is 26.2 Å². The third kappa shape index (κ3) is 3.35. The molecule has 1 saturated heterocycles. The lowest BCUT2D eigenvalue weighted by Gasteiger charge is -2.32. The molecular formula is C16H21FN4O2S. The van der Waals surface area contributed by atoms with Crippen LogP contribution in [-0.4, -0.2) is 54.4 Å². The van der Waals surface area contributed by atoms with Gasteiger partial charge in [0.25, 0.3) is 10.2 Å². The number of hydrogen-bond acceptors (Lipinski definition) is 3. The lowest BCUT2D eigenvalue weighted by Crippen LogP contribution is -2.44. The van der Waals surface area contributed by atoms with E-state index in [4.69, 9.17) is 0 Å². The highest BCUT2D eigenvalue weighted by Crippen LogP contribution is 2.29. The number of aromatic amines is 1. The van der Waals surface area contributed by atoms with Crippen molar-refractivity contribution in [1.29, 1.82) is 0 Å². The number of aromatic nitrogens is 2. The molecule has 1 aromatic heterocycles. The average molecular weight is 352 g/mol. The maximum atomic E-state index is 13.0. The van der Waals surface area contributed by atoms with E-state index < -0.39 is 10.2 Å². The van der Waals surface area contributed by atoms with E-state index in [1.807, 2.05) is 6.07 Å². The summed E-state index contributed by atoms with van der Waals surface area (Å²) in [5.74, 6) is -0.207. The van der Waals surface area contributed by atoms with Crippen LogP contribution in [0.3, 0.4) is 0 Å². The van der Waals surface area contributed by atoms with Crippen molar-refractivity contribution in [2.45, 2.75) is 18.8 Å². The van der Waals surface area contributed by atoms with Crippen molar-refractivity contribution < 1.29 is 12.8 Å². The fraction of sp³-hybridized carbons (Fsp3) is 0.438. The predicted octanol–water partition coefficient (Wildman–Crippen LogP) is 2.20. The zero-order chi connectivity index (χ0) is 17.3. The second-order valence-electron chi connectivity index (χ2n) is 6.20. The summed E-state index contributed by atoms with van der Waals surface area (Å²) >= 11 is 0. The average Bonchev–Trinajstić information content (AvgIpc) is 3.05. The molecule has 24 heavy (non-hydrogen) atoms. The zero-order valence-electron chi connectivity index (χ0n) is 13.7. The molecule has 0 bridgehead atoms. The number of benzene rings is 1. The van der Waals surface area contributed by atoms with Crippen LogP contribution in [0.15, 0.2) is 30.3 Å². The van der Waals surface area contributed by atoms with Gasteiger partial charge in [-0.2, -0.15) is 22.1 Å². The smallest absolute Gasteiger partial charge is 0.281 e. The first-order valence-corrected chi connectivity index (χ1v) is 9.26. The third-order valence-corrected chi connectivity index (χ3v) is 6.26. The molecule has 1 aromatic carbocycles. The molecule has 1 aliphatic rings. The summed E-state index contributed by atoms with van der Waals surface area (Å²) in [6.45, 7) is 0.974. The Morgan fingerprint density at radius 3 is 2.67 bits per heavy atom. The van der Waals surface area contributed by atoms with Gasteiger partial charge in [-0.05, 0) is 43.2 Å². The molecule has 8 heteroatoms. The number of halogens is 1. The number of H-pyrrole nitrogens is 1.